The van der Waals surface area contributed by atoms with Crippen LogP contribution in [0.4, 0.5) is 26.3 Å². The first-order valence-corrected chi connectivity index (χ1v) is 11.5. The van der Waals surface area contributed by atoms with Gasteiger partial charge in [0.1, 0.15) is 11.3 Å². The molecule has 0 radical (unpaired) electrons. The van der Waals surface area contributed by atoms with E-state index in [0.717, 1.165) is 44.8 Å². The van der Waals surface area contributed by atoms with Gasteiger partial charge in [0.05, 0.1) is 13.7 Å². The van der Waals surface area contributed by atoms with E-state index < -0.39 is 24.3 Å². The number of amides is 1. The second kappa shape index (κ2) is 14.3. The molecular formula is C23H31F6N3O7. The van der Waals surface area contributed by atoms with Crippen molar-refractivity contribution >= 4 is 17.8 Å². The van der Waals surface area contributed by atoms with Crippen molar-refractivity contribution in [3.8, 4) is 5.75 Å². The zero-order valence-electron chi connectivity index (χ0n) is 21.3. The minimum Gasteiger partial charge on any atom is -0.497 e. The number of hydrogen-bond donors (Lipinski definition) is 3. The van der Waals surface area contributed by atoms with Crippen molar-refractivity contribution in [3.63, 3.8) is 0 Å². The predicted octanol–water partition coefficient (Wildman–Crippen LogP) is 2.06. The summed E-state index contributed by atoms with van der Waals surface area (Å²) in [7, 11) is 3.74. The molecule has 3 N–H and O–H groups in total. The molecule has 16 heteroatoms. The molecule has 0 saturated carbocycles. The molecule has 222 valence electrons. The minimum absolute atomic E-state index is 0.0368. The first-order chi connectivity index (χ1) is 18.0. The van der Waals surface area contributed by atoms with Gasteiger partial charge in [-0.25, -0.2) is 9.59 Å². The molecule has 10 nitrogen and oxygen atoms in total. The largest absolute Gasteiger partial charge is 0.497 e. The number of aliphatic carboxylic acids is 2. The Morgan fingerprint density at radius 1 is 0.923 bits per heavy atom. The van der Waals surface area contributed by atoms with Gasteiger partial charge in [-0.1, -0.05) is 12.1 Å². The van der Waals surface area contributed by atoms with Gasteiger partial charge >= 0.3 is 24.3 Å². The van der Waals surface area contributed by atoms with Crippen molar-refractivity contribution in [1.29, 1.82) is 0 Å². The van der Waals surface area contributed by atoms with Gasteiger partial charge in [-0.3, -0.25) is 14.6 Å². The Kier molecular flexibility index (Phi) is 12.5. The number of carbonyl (C=O) groups is 3. The highest BCUT2D eigenvalue weighted by Gasteiger charge is 2.49. The van der Waals surface area contributed by atoms with Gasteiger partial charge in [-0.15, -0.1) is 0 Å². The van der Waals surface area contributed by atoms with E-state index in [-0.39, 0.29) is 18.1 Å². The normalized spacial score (nSPS) is 18.0. The third-order valence-corrected chi connectivity index (χ3v) is 6.22. The zero-order valence-corrected chi connectivity index (χ0v) is 21.3. The number of piperidine rings is 1. The fraction of sp³-hybridized carbons (Fsp3) is 0.609. The molecular weight excluding hydrogens is 544 g/mol. The molecule has 1 amide bonds. The minimum atomic E-state index is -5.08. The predicted molar refractivity (Wildman–Crippen MR) is 124 cm³/mol. The fourth-order valence-corrected chi connectivity index (χ4v) is 4.04. The van der Waals surface area contributed by atoms with Gasteiger partial charge in [0.2, 0.25) is 5.91 Å². The van der Waals surface area contributed by atoms with Crippen molar-refractivity contribution in [2.24, 2.45) is 0 Å². The van der Waals surface area contributed by atoms with Crippen LogP contribution in [0.15, 0.2) is 24.3 Å². The molecule has 1 aromatic rings. The topological polar surface area (TPSA) is 131 Å². The summed E-state index contributed by atoms with van der Waals surface area (Å²) in [5.41, 5.74) is 0.881. The summed E-state index contributed by atoms with van der Waals surface area (Å²) in [5, 5.41) is 23.5. The SMILES string of the molecule is COc1ccc(CN2CCC3(CC2)C(=O)N(CCO)CCN3C)cc1.O=C(O)C(F)(F)F.O=C(O)C(F)(F)F. The number of nitrogens with zero attached hydrogens (tertiary/aromatic N) is 3. The van der Waals surface area contributed by atoms with Crippen molar-refractivity contribution < 1.29 is 60.8 Å². The quantitative estimate of drug-likeness (QED) is 0.452. The highest BCUT2D eigenvalue weighted by molar-refractivity contribution is 5.87. The van der Waals surface area contributed by atoms with Gasteiger partial charge in [0, 0.05) is 39.3 Å². The number of benzene rings is 1. The van der Waals surface area contributed by atoms with Crippen LogP contribution in [0.25, 0.3) is 0 Å². The highest BCUT2D eigenvalue weighted by Crippen LogP contribution is 2.33. The number of methoxy groups -OCH3 is 1. The lowest BCUT2D eigenvalue weighted by Crippen LogP contribution is -2.67. The van der Waals surface area contributed by atoms with Crippen LogP contribution in [-0.4, -0.2) is 119 Å². The van der Waals surface area contributed by atoms with Crippen molar-refractivity contribution in [2.75, 3.05) is 53.5 Å². The van der Waals surface area contributed by atoms with E-state index in [2.05, 4.69) is 29.0 Å². The van der Waals surface area contributed by atoms with Gasteiger partial charge in [-0.05, 0) is 37.6 Å². The smallest absolute Gasteiger partial charge is 0.490 e. The molecule has 2 heterocycles. The van der Waals surface area contributed by atoms with Crippen LogP contribution in [0, 0.1) is 0 Å². The molecule has 39 heavy (non-hydrogen) atoms. The zero-order chi connectivity index (χ0) is 30.0. The van der Waals surface area contributed by atoms with E-state index in [1.807, 2.05) is 17.0 Å². The van der Waals surface area contributed by atoms with Crippen molar-refractivity contribution in [3.05, 3.63) is 29.8 Å². The lowest BCUT2D eigenvalue weighted by Gasteiger charge is -2.51. The number of β-amino-alcohol motifs (C(OH)–C–C–N with tert-alkyl or cyclic N) is 1. The Hall–Kier alpha value is -3.11. The van der Waals surface area contributed by atoms with Gasteiger partial charge in [-0.2, -0.15) is 26.3 Å². The number of carboxylic acid groups (broad SMARTS) is 2. The average molecular weight is 576 g/mol. The number of halogens is 6. The second-order valence-corrected chi connectivity index (χ2v) is 8.70. The number of rotatable bonds is 5. The van der Waals surface area contributed by atoms with Crippen LogP contribution in [0.5, 0.6) is 5.75 Å². The Morgan fingerprint density at radius 3 is 1.77 bits per heavy atom. The third kappa shape index (κ3) is 10.2. The number of carbonyl (C=O) groups excluding carboxylic acids is 1. The maximum Gasteiger partial charge on any atom is 0.490 e. The Balaban J connectivity index is 0.000000449. The maximum absolute atomic E-state index is 13.0. The summed E-state index contributed by atoms with van der Waals surface area (Å²) in [6.45, 7) is 4.80. The van der Waals surface area contributed by atoms with E-state index in [1.165, 1.54) is 5.56 Å². The van der Waals surface area contributed by atoms with E-state index in [0.29, 0.717) is 13.1 Å². The average Bonchev–Trinajstić information content (AvgIpc) is 2.86. The number of aliphatic hydroxyl groups excluding tert-OH is 1. The van der Waals surface area contributed by atoms with Crippen LogP contribution in [0.1, 0.15) is 18.4 Å². The molecule has 2 saturated heterocycles. The summed E-state index contributed by atoms with van der Waals surface area (Å²) >= 11 is 0. The second-order valence-electron chi connectivity index (χ2n) is 8.70. The first-order valence-electron chi connectivity index (χ1n) is 11.5. The number of ether oxygens (including phenoxy) is 1. The first kappa shape index (κ1) is 33.9. The van der Waals surface area contributed by atoms with E-state index in [9.17, 15) is 36.2 Å². The summed E-state index contributed by atoms with van der Waals surface area (Å²) < 4.78 is 68.7. The summed E-state index contributed by atoms with van der Waals surface area (Å²) in [5.74, 6) is -4.45. The molecule has 2 fully saturated rings. The third-order valence-electron chi connectivity index (χ3n) is 6.22. The molecule has 0 unspecified atom stereocenters. The molecule has 0 aliphatic carbocycles. The van der Waals surface area contributed by atoms with Gasteiger partial charge in [0.15, 0.2) is 0 Å². The van der Waals surface area contributed by atoms with Crippen molar-refractivity contribution in [1.82, 2.24) is 14.7 Å². The van der Waals surface area contributed by atoms with Crippen molar-refractivity contribution in [2.45, 2.75) is 37.3 Å². The number of alkyl halides is 6. The van der Waals surface area contributed by atoms with Crippen LogP contribution in [0.2, 0.25) is 0 Å². The molecule has 0 aromatic heterocycles. The van der Waals surface area contributed by atoms with Crippen LogP contribution >= 0.6 is 0 Å². The molecule has 2 aliphatic rings. The molecule has 1 aromatic carbocycles. The summed E-state index contributed by atoms with van der Waals surface area (Å²) in [6, 6.07) is 8.19. The monoisotopic (exact) mass is 575 g/mol. The number of piperazine rings is 1. The fourth-order valence-electron chi connectivity index (χ4n) is 4.04. The Morgan fingerprint density at radius 2 is 1.38 bits per heavy atom. The number of hydrogen-bond acceptors (Lipinski definition) is 7. The molecule has 1 spiro atoms. The van der Waals surface area contributed by atoms with Gasteiger partial charge in [0.25, 0.3) is 0 Å². The molecule has 2 aliphatic heterocycles. The Bertz CT molecular complexity index is 925. The van der Waals surface area contributed by atoms with Crippen LogP contribution < -0.4 is 4.74 Å². The summed E-state index contributed by atoms with van der Waals surface area (Å²) in [4.78, 5) is 37.2. The summed E-state index contributed by atoms with van der Waals surface area (Å²) in [6.07, 6.45) is -8.47. The van der Waals surface area contributed by atoms with Crippen LogP contribution in [0.3, 0.4) is 0 Å². The van der Waals surface area contributed by atoms with Crippen LogP contribution in [-0.2, 0) is 20.9 Å². The number of likely N-dealkylation sites (N-methyl/N-ethyl adjacent to an activating group) is 1. The van der Waals surface area contributed by atoms with E-state index >= 15 is 0 Å². The maximum atomic E-state index is 13.0. The number of aliphatic hydroxyl groups is 1. The molecule has 3 rings (SSSR count). The molecule has 0 bridgehead atoms. The highest BCUT2D eigenvalue weighted by atomic mass is 19.4. The Labute approximate surface area is 220 Å². The lowest BCUT2D eigenvalue weighted by molar-refractivity contribution is -0.193. The number of likely N-dealkylation sites (tertiary alicyclic amines) is 1. The van der Waals surface area contributed by atoms with E-state index in [1.54, 1.807) is 7.11 Å². The lowest BCUT2D eigenvalue weighted by atomic mass is 9.82. The van der Waals surface area contributed by atoms with E-state index in [4.69, 9.17) is 24.5 Å². The van der Waals surface area contributed by atoms with Gasteiger partial charge < -0.3 is 25.0 Å². The molecule has 0 atom stereocenters. The number of carboxylic acids is 2. The standard InChI is InChI=1S/C19H29N3O3.2C2HF3O2/c1-20-11-12-22(13-14-23)18(24)19(20)7-9-21(10-8-19)15-16-3-5-17(25-2)6-4-16;2*3-2(4,5)1(6)7/h3-6,23H,7-15H2,1-2H3;2*(H,6,7).